The van der Waals surface area contributed by atoms with E-state index >= 15 is 0 Å². The lowest BCUT2D eigenvalue weighted by molar-refractivity contribution is -0.117. The molecule has 0 aromatic heterocycles. The Morgan fingerprint density at radius 1 is 0.895 bits per heavy atom. The second-order valence-electron chi connectivity index (χ2n) is 4.85. The fourth-order valence-electron chi connectivity index (χ4n) is 1.26. The Bertz CT molecular complexity index is 209. The predicted octanol–water partition coefficient (Wildman–Crippen LogP) is 3.66. The summed E-state index contributed by atoms with van der Waals surface area (Å²) < 4.78 is 0. The van der Waals surface area contributed by atoms with Crippen molar-refractivity contribution < 1.29 is 4.79 Å². The van der Waals surface area contributed by atoms with Crippen LogP contribution in [0.25, 0.3) is 0 Å². The van der Waals surface area contributed by atoms with Crippen LogP contribution in [-0.2, 0) is 4.79 Å². The van der Waals surface area contributed by atoms with Crippen LogP contribution in [0.4, 0.5) is 0 Å². The molecule has 0 aromatic rings. The van der Waals surface area contributed by atoms with Crippen molar-refractivity contribution in [3.63, 3.8) is 0 Å². The van der Waals surface area contributed by atoms with Gasteiger partial charge in [0, 0.05) is 12.1 Å². The first-order valence-corrected chi connectivity index (χ1v) is 7.74. The summed E-state index contributed by atoms with van der Waals surface area (Å²) in [7, 11) is 0. The molecule has 0 heterocycles. The SMILES string of the molecule is C=C(C)C(=O)NCCCC.CCCCNCCCC. The van der Waals surface area contributed by atoms with Crippen LogP contribution in [0.2, 0.25) is 0 Å². The summed E-state index contributed by atoms with van der Waals surface area (Å²) in [6.45, 7) is 14.9. The van der Waals surface area contributed by atoms with Gasteiger partial charge >= 0.3 is 0 Å². The third kappa shape index (κ3) is 19.7. The average Bonchev–Trinajstić information content (AvgIpc) is 2.39. The van der Waals surface area contributed by atoms with Gasteiger partial charge in [-0.25, -0.2) is 0 Å². The van der Waals surface area contributed by atoms with E-state index in [4.69, 9.17) is 0 Å². The molecule has 114 valence electrons. The number of hydrogen-bond acceptors (Lipinski definition) is 2. The molecule has 0 rings (SSSR count). The third-order valence-electron chi connectivity index (χ3n) is 2.62. The van der Waals surface area contributed by atoms with Gasteiger partial charge in [0.05, 0.1) is 0 Å². The molecule has 3 nitrogen and oxygen atoms in total. The minimum atomic E-state index is -0.0338. The second kappa shape index (κ2) is 17.2. The molecule has 0 radical (unpaired) electrons. The molecule has 0 bridgehead atoms. The van der Waals surface area contributed by atoms with E-state index in [9.17, 15) is 4.79 Å². The molecule has 2 N–H and O–H groups in total. The number of carbonyl (C=O) groups is 1. The Labute approximate surface area is 120 Å². The number of unbranched alkanes of at least 4 members (excludes halogenated alkanes) is 3. The molecule has 0 aliphatic rings. The summed E-state index contributed by atoms with van der Waals surface area (Å²) in [6, 6.07) is 0. The van der Waals surface area contributed by atoms with Gasteiger partial charge in [-0.1, -0.05) is 46.6 Å². The van der Waals surface area contributed by atoms with Crippen LogP contribution in [0.1, 0.15) is 66.2 Å². The molecule has 0 fully saturated rings. The maximum Gasteiger partial charge on any atom is 0.246 e. The van der Waals surface area contributed by atoms with E-state index in [0.29, 0.717) is 5.57 Å². The lowest BCUT2D eigenvalue weighted by atomic mass is 10.3. The molecule has 0 unspecified atom stereocenters. The first-order valence-electron chi connectivity index (χ1n) is 7.74. The summed E-state index contributed by atoms with van der Waals surface area (Å²) >= 11 is 0. The lowest BCUT2D eigenvalue weighted by Gasteiger charge is -2.01. The minimum Gasteiger partial charge on any atom is -0.352 e. The van der Waals surface area contributed by atoms with Crippen LogP contribution in [0, 0.1) is 0 Å². The number of rotatable bonds is 10. The van der Waals surface area contributed by atoms with E-state index in [0.717, 1.165) is 19.4 Å². The van der Waals surface area contributed by atoms with E-state index in [2.05, 4.69) is 38.0 Å². The van der Waals surface area contributed by atoms with Gasteiger partial charge in [-0.3, -0.25) is 4.79 Å². The van der Waals surface area contributed by atoms with Crippen molar-refractivity contribution in [3.8, 4) is 0 Å². The van der Waals surface area contributed by atoms with Gasteiger partial charge in [0.2, 0.25) is 5.91 Å². The summed E-state index contributed by atoms with van der Waals surface area (Å²) in [5, 5.41) is 6.13. The first-order chi connectivity index (χ1) is 9.09. The molecule has 0 spiro atoms. The quantitative estimate of drug-likeness (QED) is 0.470. The Hall–Kier alpha value is -0.830. The summed E-state index contributed by atoms with van der Waals surface area (Å²) in [4.78, 5) is 10.8. The number of carbonyl (C=O) groups excluding carboxylic acids is 1. The number of hydrogen-bond donors (Lipinski definition) is 2. The topological polar surface area (TPSA) is 41.1 Å². The van der Waals surface area contributed by atoms with Gasteiger partial charge in [-0.15, -0.1) is 0 Å². The van der Waals surface area contributed by atoms with Crippen molar-refractivity contribution in [2.45, 2.75) is 66.2 Å². The van der Waals surface area contributed by atoms with Gasteiger partial charge in [-0.2, -0.15) is 0 Å². The van der Waals surface area contributed by atoms with Crippen LogP contribution < -0.4 is 10.6 Å². The van der Waals surface area contributed by atoms with Crippen molar-refractivity contribution in [2.75, 3.05) is 19.6 Å². The molecule has 0 aliphatic carbocycles. The standard InChI is InChI=1S/C8H15NO.C8H19N/c1-4-5-6-9-8(10)7(2)3;1-3-5-7-9-8-6-4-2/h2,4-6H2,1,3H3,(H,9,10);9H,3-8H2,1-2H3. The van der Waals surface area contributed by atoms with Crippen LogP contribution in [0.3, 0.4) is 0 Å². The monoisotopic (exact) mass is 270 g/mol. The van der Waals surface area contributed by atoms with Crippen molar-refractivity contribution in [2.24, 2.45) is 0 Å². The smallest absolute Gasteiger partial charge is 0.246 e. The van der Waals surface area contributed by atoms with E-state index in [1.54, 1.807) is 6.92 Å². The summed E-state index contributed by atoms with van der Waals surface area (Å²) in [6.07, 6.45) is 7.40. The highest BCUT2D eigenvalue weighted by atomic mass is 16.1. The van der Waals surface area contributed by atoms with Crippen LogP contribution in [0.5, 0.6) is 0 Å². The molecule has 19 heavy (non-hydrogen) atoms. The van der Waals surface area contributed by atoms with Gasteiger partial charge in [0.1, 0.15) is 0 Å². The molecule has 0 aliphatic heterocycles. The number of amides is 1. The minimum absolute atomic E-state index is 0.0338. The Morgan fingerprint density at radius 3 is 1.68 bits per heavy atom. The lowest BCUT2D eigenvalue weighted by Crippen LogP contribution is -2.24. The molecule has 1 amide bonds. The molecule has 0 saturated heterocycles. The fraction of sp³-hybridized carbons (Fsp3) is 0.812. The fourth-order valence-corrected chi connectivity index (χ4v) is 1.26. The van der Waals surface area contributed by atoms with E-state index < -0.39 is 0 Å². The predicted molar refractivity (Wildman–Crippen MR) is 85.4 cm³/mol. The second-order valence-corrected chi connectivity index (χ2v) is 4.85. The maximum atomic E-state index is 10.8. The maximum absolute atomic E-state index is 10.8. The van der Waals surface area contributed by atoms with Gasteiger partial charge in [-0.05, 0) is 39.3 Å². The largest absolute Gasteiger partial charge is 0.352 e. The van der Waals surface area contributed by atoms with Crippen molar-refractivity contribution in [1.29, 1.82) is 0 Å². The van der Waals surface area contributed by atoms with E-state index in [1.165, 1.54) is 38.8 Å². The van der Waals surface area contributed by atoms with Crippen LogP contribution >= 0.6 is 0 Å². The molecule has 0 aromatic carbocycles. The summed E-state index contributed by atoms with van der Waals surface area (Å²) in [5.74, 6) is -0.0338. The van der Waals surface area contributed by atoms with Crippen LogP contribution in [0.15, 0.2) is 12.2 Å². The highest BCUT2D eigenvalue weighted by Gasteiger charge is 1.97. The molecular formula is C16H34N2O. The van der Waals surface area contributed by atoms with Crippen molar-refractivity contribution >= 4 is 5.91 Å². The van der Waals surface area contributed by atoms with Crippen molar-refractivity contribution in [1.82, 2.24) is 10.6 Å². The van der Waals surface area contributed by atoms with Gasteiger partial charge in [0.15, 0.2) is 0 Å². The molecule has 0 atom stereocenters. The third-order valence-corrected chi connectivity index (χ3v) is 2.62. The first kappa shape index (κ1) is 20.5. The Balaban J connectivity index is 0. The highest BCUT2D eigenvalue weighted by molar-refractivity contribution is 5.91. The van der Waals surface area contributed by atoms with E-state index in [1.807, 2.05) is 0 Å². The van der Waals surface area contributed by atoms with Gasteiger partial charge < -0.3 is 10.6 Å². The van der Waals surface area contributed by atoms with Gasteiger partial charge in [0.25, 0.3) is 0 Å². The Kier molecular flexibility index (Phi) is 18.5. The average molecular weight is 270 g/mol. The molecule has 0 saturated carbocycles. The number of nitrogens with one attached hydrogen (secondary N) is 2. The molecular weight excluding hydrogens is 236 g/mol. The zero-order chi connectivity index (χ0) is 14.9. The van der Waals surface area contributed by atoms with E-state index in [-0.39, 0.29) is 5.91 Å². The highest BCUT2D eigenvalue weighted by Crippen LogP contribution is 1.87. The zero-order valence-corrected chi connectivity index (χ0v) is 13.5. The zero-order valence-electron chi connectivity index (χ0n) is 13.5. The Morgan fingerprint density at radius 2 is 1.32 bits per heavy atom. The molecule has 3 heteroatoms. The van der Waals surface area contributed by atoms with Crippen LogP contribution in [-0.4, -0.2) is 25.5 Å². The summed E-state index contributed by atoms with van der Waals surface area (Å²) in [5.41, 5.74) is 0.580. The normalized spacial score (nSPS) is 9.47. The van der Waals surface area contributed by atoms with Crippen molar-refractivity contribution in [3.05, 3.63) is 12.2 Å².